The summed E-state index contributed by atoms with van der Waals surface area (Å²) in [6.07, 6.45) is 9.42. The Morgan fingerprint density at radius 1 is 0.495 bits per heavy atom. The van der Waals surface area contributed by atoms with Crippen LogP contribution in [0.25, 0.3) is 56.1 Å². The van der Waals surface area contributed by atoms with E-state index in [1.165, 1.54) is 0 Å². The molecule has 8 aromatic rings. The summed E-state index contributed by atoms with van der Waals surface area (Å²) in [5, 5.41) is 9.78. The van der Waals surface area contributed by atoms with Gasteiger partial charge in [-0.3, -0.25) is 9.97 Å². The van der Waals surface area contributed by atoms with E-state index < -0.39 is 56.6 Å². The van der Waals surface area contributed by atoms with Gasteiger partial charge in [-0.2, -0.15) is 19.2 Å². The Morgan fingerprint density at radius 2 is 0.883 bits per heavy atom. The maximum Gasteiger partial charge on any atom is 0.341 e. The number of hydrogen-bond acceptors (Lipinski definition) is 16. The van der Waals surface area contributed by atoms with Crippen molar-refractivity contribution in [2.75, 3.05) is 76.4 Å². The van der Waals surface area contributed by atoms with Gasteiger partial charge in [0.2, 0.25) is 0 Å². The fourth-order valence-corrected chi connectivity index (χ4v) is 16.6. The number of esters is 2. The van der Waals surface area contributed by atoms with Crippen molar-refractivity contribution in [1.82, 2.24) is 39.2 Å². The molecule has 18 nitrogen and oxygen atoms in total. The summed E-state index contributed by atoms with van der Waals surface area (Å²) < 4.78 is 70.0. The molecule has 6 heterocycles. The molecule has 6 aromatic heterocycles. The fraction of sp³-hybridized carbons (Fsp3) is 0.538. The summed E-state index contributed by atoms with van der Waals surface area (Å²) in [7, 11) is -5.16. The maximum atomic E-state index is 15.1. The van der Waals surface area contributed by atoms with Crippen LogP contribution < -0.4 is 9.80 Å². The molecule has 0 N–H and O–H groups in total. The van der Waals surface area contributed by atoms with E-state index in [4.69, 9.17) is 58.6 Å². The number of hydrogen-bond donors (Lipinski definition) is 0. The van der Waals surface area contributed by atoms with E-state index in [1.54, 1.807) is 13.8 Å². The zero-order chi connectivity index (χ0) is 74.1. The van der Waals surface area contributed by atoms with Crippen LogP contribution in [0, 0.1) is 11.8 Å². The summed E-state index contributed by atoms with van der Waals surface area (Å²) in [6.45, 7) is 36.0. The van der Waals surface area contributed by atoms with Gasteiger partial charge in [0, 0.05) is 140 Å². The standard InChI is InChI=1S/C39H55BrFN5O4Si2.C39H56FN5O4Si2/c1-8-50-39(47)35(41)29-14-16-30(17-15-29)36-34(40)38(45(26-48-20-22-51(2,3)4)27-49-21-23-52(5,6)7)46-37(44-36)32(25-43-46)31-18-19-33(42-24-31)28-12-10-9-11-13-28;1-8-49-39(46)37(40)31-16-14-30(15-17-31)35-24-36(44(27-47-20-22-50(2,3)4)28-48-21-23-51(5,6)7)45-38(43-35)33(26-42-45)32-18-19-34(41-25-32)29-12-10-9-11-13-29/h9-13,18-19,24-25,29-30,35H,8,14-17,20-23,26-27H2,1-7H3;9-13,18-19,24-26,30-31,37H,8,14-17,20-23,27-28H2,1-7H3. The zero-order valence-corrected chi connectivity index (χ0v) is 68.9. The molecule has 0 radical (unpaired) electrons. The highest BCUT2D eigenvalue weighted by Gasteiger charge is 2.38. The van der Waals surface area contributed by atoms with Crippen molar-refractivity contribution in [1.29, 1.82) is 0 Å². The van der Waals surface area contributed by atoms with Crippen molar-refractivity contribution < 1.29 is 46.8 Å². The highest BCUT2D eigenvalue weighted by Crippen LogP contribution is 2.45. The molecule has 0 spiro atoms. The lowest BCUT2D eigenvalue weighted by molar-refractivity contribution is -0.152. The van der Waals surface area contributed by atoms with E-state index in [2.05, 4.69) is 135 Å². The van der Waals surface area contributed by atoms with Crippen molar-refractivity contribution in [2.45, 2.75) is 192 Å². The van der Waals surface area contributed by atoms with Crippen LogP contribution in [0.5, 0.6) is 0 Å². The van der Waals surface area contributed by atoms with Crippen LogP contribution in [-0.4, -0.2) is 162 Å². The lowest BCUT2D eigenvalue weighted by atomic mass is 9.78. The molecule has 0 bridgehead atoms. The van der Waals surface area contributed by atoms with Crippen LogP contribution in [0.15, 0.2) is 120 Å². The molecule has 2 aliphatic rings. The van der Waals surface area contributed by atoms with Crippen molar-refractivity contribution >= 4 is 83.1 Å². The predicted molar refractivity (Wildman–Crippen MR) is 424 cm³/mol. The third-order valence-electron chi connectivity index (χ3n) is 19.2. The summed E-state index contributed by atoms with van der Waals surface area (Å²) in [5.74, 6) is -0.435. The van der Waals surface area contributed by atoms with Crippen LogP contribution in [0.3, 0.4) is 0 Å². The van der Waals surface area contributed by atoms with Gasteiger partial charge in [0.1, 0.15) is 32.7 Å². The molecule has 2 unspecified atom stereocenters. The van der Waals surface area contributed by atoms with E-state index in [0.29, 0.717) is 97.5 Å². The highest BCUT2D eigenvalue weighted by molar-refractivity contribution is 9.10. The van der Waals surface area contributed by atoms with E-state index in [0.717, 1.165) is 115 Å². The molecule has 0 aliphatic heterocycles. The predicted octanol–water partition coefficient (Wildman–Crippen LogP) is 18.9. The number of carbonyl (C=O) groups excluding carboxylic acids is 2. The first-order valence-corrected chi connectivity index (χ1v) is 52.6. The molecule has 0 saturated heterocycles. The Labute approximate surface area is 622 Å². The van der Waals surface area contributed by atoms with Gasteiger partial charge in [-0.1, -0.05) is 151 Å². The minimum atomic E-state index is -1.61. The quantitative estimate of drug-likeness (QED) is 0.0161. The topological polar surface area (TPSA) is 182 Å². The minimum Gasteiger partial charge on any atom is -0.464 e. The Balaban J connectivity index is 0.000000239. The molecular formula is C78H111BrF2N10O8Si4. The molecule has 2 saturated carbocycles. The normalized spacial score (nSPS) is 17.4. The molecular weight excluding hydrogens is 1440 g/mol. The van der Waals surface area contributed by atoms with Crippen LogP contribution in [0.4, 0.5) is 20.4 Å². The SMILES string of the molecule is CCOC(=O)C(F)C1CCC(c2cc(N(COCC[Si](C)(C)C)COCC[Si](C)(C)C)n3ncc(-c4ccc(-c5ccccc5)nc4)c3n2)CC1.CCOC(=O)C(F)C1CCC(c2nc3c(-c4ccc(-c5ccccc5)nc4)cnn3c(N(COCC[Si](C)(C)C)COCC[Si](C)(C)C)c2Br)CC1. The largest absolute Gasteiger partial charge is 0.464 e. The first-order valence-electron chi connectivity index (χ1n) is 37.0. The number of aromatic nitrogens is 8. The van der Waals surface area contributed by atoms with E-state index >= 15 is 8.78 Å². The van der Waals surface area contributed by atoms with Gasteiger partial charge in [0.05, 0.1) is 47.2 Å². The molecule has 558 valence electrons. The van der Waals surface area contributed by atoms with Gasteiger partial charge in [-0.05, 0) is 117 Å². The van der Waals surface area contributed by atoms with E-state index in [-0.39, 0.29) is 36.9 Å². The van der Waals surface area contributed by atoms with Gasteiger partial charge >= 0.3 is 11.9 Å². The van der Waals surface area contributed by atoms with E-state index in [9.17, 15) is 9.59 Å². The third kappa shape index (κ3) is 23.3. The number of halogens is 3. The van der Waals surface area contributed by atoms with Gasteiger partial charge in [-0.25, -0.2) is 28.3 Å². The fourth-order valence-electron chi connectivity index (χ4n) is 12.8. The number of nitrogens with zero attached hydrogens (tertiary/aromatic N) is 10. The number of anilines is 2. The number of pyridine rings is 2. The molecule has 2 atom stereocenters. The van der Waals surface area contributed by atoms with Crippen molar-refractivity contribution in [3.8, 4) is 44.8 Å². The Kier molecular flexibility index (Phi) is 29.1. The van der Waals surface area contributed by atoms with Crippen LogP contribution in [-0.2, 0) is 38.0 Å². The Bertz CT molecular complexity index is 3930. The lowest BCUT2D eigenvalue weighted by Crippen LogP contribution is -2.34. The summed E-state index contributed by atoms with van der Waals surface area (Å²) in [6, 6.07) is 34.8. The van der Waals surface area contributed by atoms with Crippen LogP contribution in [0.1, 0.15) is 88.4 Å². The first-order chi connectivity index (χ1) is 49.1. The number of alkyl halides is 2. The number of ether oxygens (including phenoxy) is 6. The van der Waals surface area contributed by atoms with Gasteiger partial charge < -0.3 is 38.2 Å². The van der Waals surface area contributed by atoms with Crippen LogP contribution in [0.2, 0.25) is 103 Å². The summed E-state index contributed by atoms with van der Waals surface area (Å²) >= 11 is 3.99. The molecule has 103 heavy (non-hydrogen) atoms. The maximum absolute atomic E-state index is 15.1. The first kappa shape index (κ1) is 80.7. The van der Waals surface area contributed by atoms with Crippen molar-refractivity contribution in [2.24, 2.45) is 11.8 Å². The molecule has 2 aliphatic carbocycles. The second kappa shape index (κ2) is 37.2. The Hall–Kier alpha value is -6.43. The number of carbonyl (C=O) groups is 2. The molecule has 2 fully saturated rings. The number of fused-ring (bicyclic) bond motifs is 2. The lowest BCUT2D eigenvalue weighted by Gasteiger charge is -2.32. The average molecular weight is 1550 g/mol. The highest BCUT2D eigenvalue weighted by atomic mass is 79.9. The van der Waals surface area contributed by atoms with Crippen molar-refractivity contribution in [3.63, 3.8) is 0 Å². The smallest absolute Gasteiger partial charge is 0.341 e. The molecule has 10 rings (SSSR count). The average Bonchev–Trinajstić information content (AvgIpc) is 1.66. The van der Waals surface area contributed by atoms with E-state index in [1.807, 2.05) is 94.5 Å². The van der Waals surface area contributed by atoms with Gasteiger partial charge in [0.15, 0.2) is 29.5 Å². The monoisotopic (exact) mass is 1540 g/mol. The molecule has 0 amide bonds. The third-order valence-corrected chi connectivity index (χ3v) is 26.7. The Morgan fingerprint density at radius 3 is 1.27 bits per heavy atom. The summed E-state index contributed by atoms with van der Waals surface area (Å²) in [5.41, 5.74) is 10.7. The molecule has 25 heteroatoms. The number of benzene rings is 2. The van der Waals surface area contributed by atoms with Gasteiger partial charge in [0.25, 0.3) is 0 Å². The van der Waals surface area contributed by atoms with Crippen LogP contribution >= 0.6 is 15.9 Å². The van der Waals surface area contributed by atoms with Gasteiger partial charge in [-0.15, -0.1) is 0 Å². The number of rotatable bonds is 34. The second-order valence-electron chi connectivity index (χ2n) is 32.4. The summed E-state index contributed by atoms with van der Waals surface area (Å²) in [4.78, 5) is 48.8. The second-order valence-corrected chi connectivity index (χ2v) is 55.6. The zero-order valence-electron chi connectivity index (χ0n) is 63.4. The minimum absolute atomic E-state index is 0.0487. The van der Waals surface area contributed by atoms with Crippen molar-refractivity contribution in [3.05, 3.63) is 132 Å². The molecule has 2 aromatic carbocycles.